The summed E-state index contributed by atoms with van der Waals surface area (Å²) < 4.78 is 11.4. The van der Waals surface area contributed by atoms with Crippen LogP contribution in [0.4, 0.5) is 0 Å². The van der Waals surface area contributed by atoms with Gasteiger partial charge in [0.15, 0.2) is 0 Å². The summed E-state index contributed by atoms with van der Waals surface area (Å²) in [4.78, 5) is 14.5. The minimum Gasteiger partial charge on any atom is -0.423 e. The van der Waals surface area contributed by atoms with Gasteiger partial charge in [0.05, 0.1) is 17.1 Å². The molecule has 0 spiro atoms. The van der Waals surface area contributed by atoms with Crippen LogP contribution < -0.4 is 5.63 Å². The van der Waals surface area contributed by atoms with Gasteiger partial charge in [-0.25, -0.2) is 4.79 Å². The number of benzene rings is 2. The van der Waals surface area contributed by atoms with Crippen molar-refractivity contribution in [1.82, 2.24) is 15.1 Å². The van der Waals surface area contributed by atoms with Crippen LogP contribution in [0.3, 0.4) is 0 Å². The summed E-state index contributed by atoms with van der Waals surface area (Å²) in [5.74, 6) is 0.921. The fraction of sp³-hybridized carbons (Fsp3) is 0.320. The minimum absolute atomic E-state index is 0.319. The quantitative estimate of drug-likeness (QED) is 0.352. The molecule has 164 valence electrons. The first-order chi connectivity index (χ1) is 15.6. The maximum absolute atomic E-state index is 12.3. The molecule has 0 amide bonds. The van der Waals surface area contributed by atoms with E-state index in [0.29, 0.717) is 35.5 Å². The number of halogens is 1. The summed E-state index contributed by atoms with van der Waals surface area (Å²) in [5, 5.41) is 9.99. The van der Waals surface area contributed by atoms with E-state index in [2.05, 4.69) is 28.1 Å². The van der Waals surface area contributed by atoms with Crippen LogP contribution in [0, 0.1) is 0 Å². The highest BCUT2D eigenvalue weighted by atomic mass is 35.5. The van der Waals surface area contributed by atoms with Crippen molar-refractivity contribution in [2.75, 3.05) is 6.54 Å². The SMILES string of the molecule is CCCN(Cc1nnc(-c2ccccc2Cl)o1)Cc1cc(=O)oc2cc3c(cc12)CCC3. The zero-order valence-corrected chi connectivity index (χ0v) is 18.7. The molecule has 0 unspecified atom stereocenters. The first-order valence-corrected chi connectivity index (χ1v) is 11.4. The molecule has 2 aromatic carbocycles. The van der Waals surface area contributed by atoms with Gasteiger partial charge in [-0.05, 0) is 73.2 Å². The van der Waals surface area contributed by atoms with E-state index in [1.165, 1.54) is 11.1 Å². The van der Waals surface area contributed by atoms with Crippen LogP contribution in [-0.2, 0) is 25.9 Å². The molecule has 32 heavy (non-hydrogen) atoms. The molecule has 1 aliphatic rings. The molecule has 0 atom stereocenters. The van der Waals surface area contributed by atoms with E-state index in [1.807, 2.05) is 24.3 Å². The van der Waals surface area contributed by atoms with Crippen molar-refractivity contribution in [3.05, 3.63) is 80.5 Å². The van der Waals surface area contributed by atoms with E-state index in [1.54, 1.807) is 12.1 Å². The van der Waals surface area contributed by atoms with Crippen molar-refractivity contribution in [3.63, 3.8) is 0 Å². The standard InChI is InChI=1S/C25H24ClN3O3/c1-2-10-29(15-23-27-28-25(32-23)19-8-3-4-9-21(19)26)14-18-13-24(30)31-22-12-17-7-5-6-16(17)11-20(18)22/h3-4,8-9,11-13H,2,5-7,10,14-15H2,1H3. The molecule has 0 radical (unpaired) electrons. The van der Waals surface area contributed by atoms with E-state index in [-0.39, 0.29) is 5.63 Å². The van der Waals surface area contributed by atoms with Crippen LogP contribution in [0.1, 0.15) is 42.3 Å². The number of nitrogens with zero attached hydrogens (tertiary/aromatic N) is 3. The highest BCUT2D eigenvalue weighted by molar-refractivity contribution is 6.33. The number of hydrogen-bond acceptors (Lipinski definition) is 6. The van der Waals surface area contributed by atoms with Crippen LogP contribution in [-0.4, -0.2) is 21.6 Å². The van der Waals surface area contributed by atoms with Crippen molar-refractivity contribution >= 4 is 22.6 Å². The second-order valence-electron chi connectivity index (χ2n) is 8.25. The summed E-state index contributed by atoms with van der Waals surface area (Å²) in [5.41, 5.74) is 4.68. The number of aromatic nitrogens is 2. The number of hydrogen-bond donors (Lipinski definition) is 0. The van der Waals surface area contributed by atoms with Gasteiger partial charge in [-0.2, -0.15) is 0 Å². The fourth-order valence-corrected chi connectivity index (χ4v) is 4.67. The van der Waals surface area contributed by atoms with Crippen LogP contribution in [0.2, 0.25) is 5.02 Å². The highest BCUT2D eigenvalue weighted by Gasteiger charge is 2.18. The van der Waals surface area contributed by atoms with Gasteiger partial charge in [-0.3, -0.25) is 4.90 Å². The molecule has 6 nitrogen and oxygen atoms in total. The van der Waals surface area contributed by atoms with Gasteiger partial charge in [-0.1, -0.05) is 30.7 Å². The normalized spacial score (nSPS) is 13.2. The van der Waals surface area contributed by atoms with Gasteiger partial charge in [0, 0.05) is 18.0 Å². The number of rotatable bonds is 7. The van der Waals surface area contributed by atoms with Gasteiger partial charge >= 0.3 is 5.63 Å². The zero-order chi connectivity index (χ0) is 22.1. The smallest absolute Gasteiger partial charge is 0.336 e. The van der Waals surface area contributed by atoms with Crippen LogP contribution in [0.5, 0.6) is 0 Å². The first kappa shape index (κ1) is 20.9. The van der Waals surface area contributed by atoms with Gasteiger partial charge in [0.1, 0.15) is 5.58 Å². The van der Waals surface area contributed by atoms with Crippen molar-refractivity contribution in [2.24, 2.45) is 0 Å². The summed E-state index contributed by atoms with van der Waals surface area (Å²) >= 11 is 6.26. The summed E-state index contributed by atoms with van der Waals surface area (Å²) in [6.45, 7) is 4.04. The fourth-order valence-electron chi connectivity index (χ4n) is 4.45. The van der Waals surface area contributed by atoms with E-state index >= 15 is 0 Å². The van der Waals surface area contributed by atoms with E-state index < -0.39 is 0 Å². The summed E-state index contributed by atoms with van der Waals surface area (Å²) in [7, 11) is 0. The Morgan fingerprint density at radius 1 is 1.03 bits per heavy atom. The largest absolute Gasteiger partial charge is 0.423 e. The van der Waals surface area contributed by atoms with Gasteiger partial charge < -0.3 is 8.83 Å². The monoisotopic (exact) mass is 449 g/mol. The van der Waals surface area contributed by atoms with Crippen molar-refractivity contribution < 1.29 is 8.83 Å². The highest BCUT2D eigenvalue weighted by Crippen LogP contribution is 2.30. The molecule has 2 heterocycles. The molecule has 0 aliphatic heterocycles. The molecule has 5 rings (SSSR count). The zero-order valence-electron chi connectivity index (χ0n) is 17.9. The first-order valence-electron chi connectivity index (χ1n) is 11.0. The van der Waals surface area contributed by atoms with E-state index in [9.17, 15) is 4.79 Å². The molecule has 0 saturated heterocycles. The second kappa shape index (κ2) is 8.88. The Balaban J connectivity index is 1.43. The van der Waals surface area contributed by atoms with E-state index in [0.717, 1.165) is 48.7 Å². The molecular formula is C25H24ClN3O3. The lowest BCUT2D eigenvalue weighted by Gasteiger charge is -2.20. The Kier molecular flexibility index (Phi) is 5.81. The Bertz CT molecular complexity index is 1330. The summed E-state index contributed by atoms with van der Waals surface area (Å²) in [6.07, 6.45) is 4.24. The lowest BCUT2D eigenvalue weighted by molar-refractivity contribution is 0.232. The molecule has 2 aromatic heterocycles. The van der Waals surface area contributed by atoms with E-state index in [4.69, 9.17) is 20.4 Å². The molecule has 0 fully saturated rings. The maximum Gasteiger partial charge on any atom is 0.336 e. The van der Waals surface area contributed by atoms with Crippen molar-refractivity contribution in [2.45, 2.75) is 45.7 Å². The minimum atomic E-state index is -0.319. The molecule has 0 bridgehead atoms. The molecule has 7 heteroatoms. The number of fused-ring (bicyclic) bond motifs is 2. The predicted octanol–water partition coefficient (Wildman–Crippen LogP) is 5.40. The lowest BCUT2D eigenvalue weighted by Crippen LogP contribution is -2.24. The van der Waals surface area contributed by atoms with Crippen LogP contribution in [0.15, 0.2) is 56.1 Å². The summed E-state index contributed by atoms with van der Waals surface area (Å²) in [6, 6.07) is 13.3. The molecule has 4 aromatic rings. The predicted molar refractivity (Wildman–Crippen MR) is 124 cm³/mol. The topological polar surface area (TPSA) is 72.4 Å². The Morgan fingerprint density at radius 2 is 1.84 bits per heavy atom. The Hall–Kier alpha value is -2.96. The average Bonchev–Trinajstić information content (AvgIpc) is 3.42. The molecular weight excluding hydrogens is 426 g/mol. The third-order valence-corrected chi connectivity index (χ3v) is 6.24. The van der Waals surface area contributed by atoms with Crippen molar-refractivity contribution in [3.8, 4) is 11.5 Å². The average molecular weight is 450 g/mol. The third kappa shape index (κ3) is 4.20. The third-order valence-electron chi connectivity index (χ3n) is 5.91. The molecule has 1 aliphatic carbocycles. The molecule has 0 N–H and O–H groups in total. The van der Waals surface area contributed by atoms with Crippen molar-refractivity contribution in [1.29, 1.82) is 0 Å². The Labute approximate surface area is 190 Å². The van der Waals surface area contributed by atoms with Gasteiger partial charge in [-0.15, -0.1) is 10.2 Å². The van der Waals surface area contributed by atoms with Gasteiger partial charge in [0.25, 0.3) is 0 Å². The van der Waals surface area contributed by atoms with Gasteiger partial charge in [0.2, 0.25) is 11.8 Å². The van der Waals surface area contributed by atoms with Crippen LogP contribution >= 0.6 is 11.6 Å². The molecule has 0 saturated carbocycles. The Morgan fingerprint density at radius 3 is 2.66 bits per heavy atom. The maximum atomic E-state index is 12.3. The lowest BCUT2D eigenvalue weighted by atomic mass is 10.0. The second-order valence-corrected chi connectivity index (χ2v) is 8.66. The number of aryl methyl sites for hydroxylation is 2. The van der Waals surface area contributed by atoms with Crippen LogP contribution in [0.25, 0.3) is 22.4 Å².